The molecule has 0 saturated heterocycles. The molecule has 3 aromatic rings. The Hall–Kier alpha value is -2.24. The highest BCUT2D eigenvalue weighted by atomic mass is 15.4. The maximum Gasteiger partial charge on any atom is 0.166 e. The van der Waals surface area contributed by atoms with Gasteiger partial charge in [0.2, 0.25) is 0 Å². The lowest BCUT2D eigenvalue weighted by molar-refractivity contribution is 0.570. The first-order chi connectivity index (χ1) is 10.8. The average molecular weight is 296 g/mol. The van der Waals surface area contributed by atoms with Gasteiger partial charge in [-0.2, -0.15) is 10.2 Å². The average Bonchev–Trinajstić information content (AvgIpc) is 3.16. The van der Waals surface area contributed by atoms with Crippen molar-refractivity contribution >= 4 is 5.65 Å². The molecule has 0 atom stereocenters. The second kappa shape index (κ2) is 5.19. The van der Waals surface area contributed by atoms with Gasteiger partial charge in [0.05, 0.1) is 11.8 Å². The van der Waals surface area contributed by atoms with Gasteiger partial charge in [0.25, 0.3) is 0 Å². The van der Waals surface area contributed by atoms with Gasteiger partial charge in [-0.3, -0.25) is 0 Å². The van der Waals surface area contributed by atoms with Crippen LogP contribution < -0.4 is 0 Å². The third kappa shape index (κ3) is 2.28. The maximum absolute atomic E-state index is 4.80. The molecule has 0 unspecified atom stereocenters. The highest BCUT2D eigenvalue weighted by Gasteiger charge is 2.29. The van der Waals surface area contributed by atoms with Crippen molar-refractivity contribution in [3.05, 3.63) is 30.0 Å². The first kappa shape index (κ1) is 13.4. The molecule has 1 aliphatic carbocycles. The lowest BCUT2D eigenvalue weighted by Crippen LogP contribution is -2.03. The van der Waals surface area contributed by atoms with E-state index >= 15 is 0 Å². The molecule has 0 aliphatic heterocycles. The molecule has 1 aliphatic rings. The molecule has 0 amide bonds. The molecular weight excluding hydrogens is 276 g/mol. The maximum atomic E-state index is 4.80. The molecule has 0 radical (unpaired) electrons. The van der Waals surface area contributed by atoms with Crippen molar-refractivity contribution in [1.29, 1.82) is 0 Å². The lowest BCUT2D eigenvalue weighted by atomic mass is 10.3. The zero-order valence-electron chi connectivity index (χ0n) is 13.0. The van der Waals surface area contributed by atoms with Crippen molar-refractivity contribution in [3.8, 4) is 11.4 Å². The second-order valence-corrected chi connectivity index (χ2v) is 6.10. The van der Waals surface area contributed by atoms with E-state index in [0.717, 1.165) is 47.8 Å². The van der Waals surface area contributed by atoms with Gasteiger partial charge in [0.15, 0.2) is 17.3 Å². The number of fused-ring (bicyclic) bond motifs is 1. The molecule has 0 spiro atoms. The predicted molar refractivity (Wildman–Crippen MR) is 83.6 cm³/mol. The molecule has 3 heterocycles. The normalized spacial score (nSPS) is 14.8. The van der Waals surface area contributed by atoms with Crippen LogP contribution >= 0.6 is 0 Å². The van der Waals surface area contributed by atoms with Crippen LogP contribution in [0.5, 0.6) is 0 Å². The van der Waals surface area contributed by atoms with Gasteiger partial charge in [-0.05, 0) is 31.7 Å². The molecule has 6 nitrogen and oxygen atoms in total. The molecule has 0 bridgehead atoms. The molecule has 3 aromatic heterocycles. The van der Waals surface area contributed by atoms with Gasteiger partial charge in [-0.1, -0.05) is 13.3 Å². The van der Waals surface area contributed by atoms with Gasteiger partial charge in [0, 0.05) is 24.9 Å². The molecule has 6 heteroatoms. The molecule has 0 aromatic carbocycles. The third-order valence-corrected chi connectivity index (χ3v) is 4.08. The number of aryl methyl sites for hydroxylation is 2. The summed E-state index contributed by atoms with van der Waals surface area (Å²) in [5.41, 5.74) is 2.90. The van der Waals surface area contributed by atoms with Crippen LogP contribution in [0.4, 0.5) is 0 Å². The van der Waals surface area contributed by atoms with E-state index in [-0.39, 0.29) is 0 Å². The van der Waals surface area contributed by atoms with Gasteiger partial charge in [0.1, 0.15) is 0 Å². The van der Waals surface area contributed by atoms with E-state index in [1.807, 2.05) is 34.7 Å². The molecule has 1 fully saturated rings. The third-order valence-electron chi connectivity index (χ3n) is 4.08. The lowest BCUT2D eigenvalue weighted by Gasteiger charge is -2.03. The summed E-state index contributed by atoms with van der Waals surface area (Å²) in [5.74, 6) is 2.44. The highest BCUT2D eigenvalue weighted by Crippen LogP contribution is 2.39. The Kier molecular flexibility index (Phi) is 3.17. The smallest absolute Gasteiger partial charge is 0.166 e. The fourth-order valence-electron chi connectivity index (χ4n) is 2.66. The van der Waals surface area contributed by atoms with Crippen molar-refractivity contribution in [1.82, 2.24) is 29.4 Å². The summed E-state index contributed by atoms with van der Waals surface area (Å²) < 4.78 is 3.86. The van der Waals surface area contributed by atoms with Crippen molar-refractivity contribution < 1.29 is 0 Å². The molecule has 1 saturated carbocycles. The van der Waals surface area contributed by atoms with E-state index in [1.54, 1.807) is 0 Å². The Labute approximate surface area is 129 Å². The first-order valence-electron chi connectivity index (χ1n) is 8.01. The van der Waals surface area contributed by atoms with Crippen LogP contribution in [0.1, 0.15) is 49.9 Å². The summed E-state index contributed by atoms with van der Waals surface area (Å²) in [6.07, 6.45) is 10.4. The zero-order valence-corrected chi connectivity index (χ0v) is 13.0. The van der Waals surface area contributed by atoms with Gasteiger partial charge < -0.3 is 0 Å². The summed E-state index contributed by atoms with van der Waals surface area (Å²) in [7, 11) is 0. The number of rotatable bonds is 5. The van der Waals surface area contributed by atoms with Crippen molar-refractivity contribution in [2.45, 2.75) is 52.0 Å². The Morgan fingerprint density at radius 1 is 1.27 bits per heavy atom. The molecular formula is C16H20N6. The van der Waals surface area contributed by atoms with Crippen LogP contribution in [0.2, 0.25) is 0 Å². The fourth-order valence-corrected chi connectivity index (χ4v) is 2.66. The van der Waals surface area contributed by atoms with Gasteiger partial charge in [-0.15, -0.1) is 0 Å². The quantitative estimate of drug-likeness (QED) is 0.726. The summed E-state index contributed by atoms with van der Waals surface area (Å²) in [4.78, 5) is 9.33. The van der Waals surface area contributed by atoms with Crippen molar-refractivity contribution in [2.75, 3.05) is 0 Å². The summed E-state index contributed by atoms with van der Waals surface area (Å²) in [6.45, 7) is 5.11. The standard InChI is InChI=1S/C16H20N6/c1-3-4-7-21-16(19-14(20-21)12-5-6-12)13-9-18-22-10-11(2)8-17-15(13)22/h8-10,12H,3-7H2,1-2H3. The zero-order chi connectivity index (χ0) is 15.1. The summed E-state index contributed by atoms with van der Waals surface area (Å²) in [5, 5.41) is 9.15. The van der Waals surface area contributed by atoms with E-state index in [2.05, 4.69) is 17.0 Å². The Bertz CT molecular complexity index is 811. The van der Waals surface area contributed by atoms with E-state index in [9.17, 15) is 0 Å². The van der Waals surface area contributed by atoms with Gasteiger partial charge >= 0.3 is 0 Å². The Morgan fingerprint density at radius 2 is 2.14 bits per heavy atom. The van der Waals surface area contributed by atoms with Crippen LogP contribution in [-0.4, -0.2) is 29.4 Å². The SMILES string of the molecule is CCCCn1nc(C2CC2)nc1-c1cnn2cc(C)cnc12. The number of hydrogen-bond donors (Lipinski definition) is 0. The highest BCUT2D eigenvalue weighted by molar-refractivity contribution is 5.72. The van der Waals surface area contributed by atoms with Crippen LogP contribution in [0.25, 0.3) is 17.0 Å². The minimum Gasteiger partial charge on any atom is -0.245 e. The van der Waals surface area contributed by atoms with Crippen LogP contribution in [0, 0.1) is 6.92 Å². The van der Waals surface area contributed by atoms with Crippen LogP contribution in [-0.2, 0) is 6.54 Å². The monoisotopic (exact) mass is 296 g/mol. The molecule has 114 valence electrons. The first-order valence-corrected chi connectivity index (χ1v) is 8.01. The minimum atomic E-state index is 0.554. The number of aromatic nitrogens is 6. The summed E-state index contributed by atoms with van der Waals surface area (Å²) >= 11 is 0. The van der Waals surface area contributed by atoms with E-state index in [1.165, 1.54) is 12.8 Å². The Balaban J connectivity index is 1.81. The largest absolute Gasteiger partial charge is 0.245 e. The van der Waals surface area contributed by atoms with Crippen molar-refractivity contribution in [3.63, 3.8) is 0 Å². The van der Waals surface area contributed by atoms with E-state index in [4.69, 9.17) is 10.1 Å². The second-order valence-electron chi connectivity index (χ2n) is 6.10. The predicted octanol–water partition coefficient (Wildman–Crippen LogP) is 2.97. The molecule has 22 heavy (non-hydrogen) atoms. The topological polar surface area (TPSA) is 60.9 Å². The fraction of sp³-hybridized carbons (Fsp3) is 0.500. The van der Waals surface area contributed by atoms with E-state index in [0.29, 0.717) is 5.92 Å². The van der Waals surface area contributed by atoms with Gasteiger partial charge in [-0.25, -0.2) is 19.2 Å². The number of nitrogens with zero attached hydrogens (tertiary/aromatic N) is 6. The number of hydrogen-bond acceptors (Lipinski definition) is 4. The molecule has 0 N–H and O–H groups in total. The van der Waals surface area contributed by atoms with Crippen LogP contribution in [0.3, 0.4) is 0 Å². The van der Waals surface area contributed by atoms with E-state index < -0.39 is 0 Å². The minimum absolute atomic E-state index is 0.554. The summed E-state index contributed by atoms with van der Waals surface area (Å²) in [6, 6.07) is 0. The number of unbranched alkanes of at least 4 members (excludes halogenated alkanes) is 1. The Morgan fingerprint density at radius 3 is 2.91 bits per heavy atom. The van der Waals surface area contributed by atoms with Crippen molar-refractivity contribution in [2.24, 2.45) is 0 Å². The molecule has 4 rings (SSSR count). The van der Waals surface area contributed by atoms with Crippen LogP contribution in [0.15, 0.2) is 18.6 Å².